The van der Waals surface area contributed by atoms with Gasteiger partial charge in [-0.15, -0.1) is 0 Å². The third kappa shape index (κ3) is 4.68. The van der Waals surface area contributed by atoms with Crippen molar-refractivity contribution in [1.82, 2.24) is 0 Å². The van der Waals surface area contributed by atoms with Crippen molar-refractivity contribution in [1.29, 1.82) is 0 Å². The van der Waals surface area contributed by atoms with Crippen LogP contribution in [0.1, 0.15) is 5.56 Å². The van der Waals surface area contributed by atoms with Gasteiger partial charge in [0.15, 0.2) is 0 Å². The highest BCUT2D eigenvalue weighted by Crippen LogP contribution is 2.29. The molecule has 0 aliphatic carbocycles. The van der Waals surface area contributed by atoms with Crippen LogP contribution < -0.4 is 5.26 Å². The average molecular weight is 263 g/mol. The van der Waals surface area contributed by atoms with Crippen molar-refractivity contribution in [2.75, 3.05) is 6.61 Å². The van der Waals surface area contributed by atoms with E-state index in [4.69, 9.17) is 0 Å². The second kappa shape index (κ2) is 6.53. The lowest BCUT2D eigenvalue weighted by Gasteiger charge is -2.15. The molecule has 0 N–H and O–H groups in total. The normalized spacial score (nSPS) is 11.2. The van der Waals surface area contributed by atoms with Gasteiger partial charge in [-0.3, -0.25) is 0 Å². The van der Waals surface area contributed by atoms with E-state index in [1.165, 1.54) is 0 Å². The third-order valence-electron chi connectivity index (χ3n) is 1.84. The van der Waals surface area contributed by atoms with Gasteiger partial charge in [0.1, 0.15) is 0 Å². The lowest BCUT2D eigenvalue weighted by molar-refractivity contribution is -0.630. The van der Waals surface area contributed by atoms with Crippen LogP contribution in [0.25, 0.3) is 0 Å². The topological polar surface area (TPSA) is 58.6 Å². The first kappa shape index (κ1) is 13.9. The van der Waals surface area contributed by atoms with Crippen molar-refractivity contribution in [2.24, 2.45) is 0 Å². The fourth-order valence-electron chi connectivity index (χ4n) is 1.07. The zero-order valence-electron chi connectivity index (χ0n) is 8.60. The zero-order valence-corrected chi connectivity index (χ0v) is 9.41. The van der Waals surface area contributed by atoms with Crippen LogP contribution in [-0.4, -0.2) is 17.8 Å². The van der Waals surface area contributed by atoms with Crippen LogP contribution in [0, 0.1) is 0 Å². The molecule has 0 aromatic heterocycles. The van der Waals surface area contributed by atoms with Crippen molar-refractivity contribution in [3.8, 4) is 0 Å². The number of rotatable bonds is 6. The van der Waals surface area contributed by atoms with Gasteiger partial charge in [0.2, 0.25) is 0 Å². The molecule has 0 aliphatic heterocycles. The lowest BCUT2D eigenvalue weighted by Crippen LogP contribution is -2.29. The maximum absolute atomic E-state index is 12.7. The van der Waals surface area contributed by atoms with Crippen LogP contribution in [0.2, 0.25) is 0 Å². The summed E-state index contributed by atoms with van der Waals surface area (Å²) in [5.41, 5.74) is 0.858. The summed E-state index contributed by atoms with van der Waals surface area (Å²) in [5.74, 6) is -1.78. The second-order valence-corrected chi connectivity index (χ2v) is 3.86. The standard InChI is InChI=1S/C10H10F2O4S/c11-10(12,17-16-14)9(13)15-7-6-8-4-2-1-3-5-8/h1-5,14H,6-7H2/p-1. The predicted molar refractivity (Wildman–Crippen MR) is 54.7 cm³/mol. The highest BCUT2D eigenvalue weighted by Gasteiger charge is 2.42. The molecule has 0 amide bonds. The molecule has 0 radical (unpaired) electrons. The molecular weight excluding hydrogens is 254 g/mol. The maximum Gasteiger partial charge on any atom is 0.412 e. The molecule has 0 bridgehead atoms. The van der Waals surface area contributed by atoms with E-state index in [-0.39, 0.29) is 6.61 Å². The molecule has 1 aromatic carbocycles. The van der Waals surface area contributed by atoms with Gasteiger partial charge in [-0.2, -0.15) is 8.78 Å². The van der Waals surface area contributed by atoms with E-state index in [0.717, 1.165) is 5.56 Å². The summed E-state index contributed by atoms with van der Waals surface area (Å²) in [7, 11) is 0. The van der Waals surface area contributed by atoms with Crippen LogP contribution >= 0.6 is 12.0 Å². The Balaban J connectivity index is 2.34. The van der Waals surface area contributed by atoms with Crippen LogP contribution in [0.4, 0.5) is 8.78 Å². The Labute approximate surface area is 101 Å². The van der Waals surface area contributed by atoms with Crippen molar-refractivity contribution in [2.45, 2.75) is 11.7 Å². The molecule has 0 fully saturated rings. The van der Waals surface area contributed by atoms with Crippen molar-refractivity contribution >= 4 is 18.0 Å². The van der Waals surface area contributed by atoms with Crippen molar-refractivity contribution < 1.29 is 27.9 Å². The van der Waals surface area contributed by atoms with Gasteiger partial charge in [0.05, 0.1) is 18.6 Å². The Morgan fingerprint density at radius 2 is 2.00 bits per heavy atom. The summed E-state index contributed by atoms with van der Waals surface area (Å²) in [5, 5.41) is 5.55. The van der Waals surface area contributed by atoms with Gasteiger partial charge in [-0.25, -0.2) is 4.79 Å². The number of esters is 1. The molecule has 0 atom stereocenters. The van der Waals surface area contributed by atoms with Crippen LogP contribution in [0.15, 0.2) is 30.3 Å². The molecule has 0 spiro atoms. The number of carbonyl (C=O) groups excluding carboxylic acids is 1. The number of alkyl halides is 2. The predicted octanol–water partition coefficient (Wildman–Crippen LogP) is 1.31. The smallest absolute Gasteiger partial charge is 0.412 e. The summed E-state index contributed by atoms with van der Waals surface area (Å²) in [6.07, 6.45) is 0.325. The van der Waals surface area contributed by atoms with E-state index < -0.39 is 23.3 Å². The summed E-state index contributed by atoms with van der Waals surface area (Å²) < 4.78 is 32.7. The maximum atomic E-state index is 12.7. The molecule has 1 aromatic rings. The van der Waals surface area contributed by atoms with E-state index in [0.29, 0.717) is 6.42 Å². The first-order chi connectivity index (χ1) is 8.06. The first-order valence-corrected chi connectivity index (χ1v) is 5.37. The van der Waals surface area contributed by atoms with Gasteiger partial charge in [0, 0.05) is 6.42 Å². The van der Waals surface area contributed by atoms with Gasteiger partial charge in [-0.1, -0.05) is 30.3 Å². The highest BCUT2D eigenvalue weighted by molar-refractivity contribution is 7.96. The lowest BCUT2D eigenvalue weighted by atomic mass is 10.2. The largest absolute Gasteiger partial charge is 0.710 e. The highest BCUT2D eigenvalue weighted by atomic mass is 32.2. The summed E-state index contributed by atoms with van der Waals surface area (Å²) >= 11 is -0.776. The second-order valence-electron chi connectivity index (χ2n) is 3.04. The first-order valence-electron chi connectivity index (χ1n) is 4.63. The van der Waals surface area contributed by atoms with Crippen LogP contribution in [0.5, 0.6) is 0 Å². The molecule has 94 valence electrons. The summed E-state index contributed by atoms with van der Waals surface area (Å²) in [6.45, 7) is -0.183. The van der Waals surface area contributed by atoms with Crippen LogP contribution in [0.3, 0.4) is 0 Å². The van der Waals surface area contributed by atoms with Gasteiger partial charge in [-0.05, 0) is 5.56 Å². The van der Waals surface area contributed by atoms with E-state index in [9.17, 15) is 18.8 Å². The Bertz CT molecular complexity index is 359. The quantitative estimate of drug-likeness (QED) is 0.335. The molecular formula is C10H9F2O4S-. The van der Waals surface area contributed by atoms with E-state index in [1.807, 2.05) is 6.07 Å². The van der Waals surface area contributed by atoms with Crippen LogP contribution in [-0.2, 0) is 20.3 Å². The molecule has 0 aliphatic rings. The molecule has 4 nitrogen and oxygen atoms in total. The SMILES string of the molecule is O=C(OCCc1ccccc1)C(F)(F)SO[O-]. The van der Waals surface area contributed by atoms with E-state index >= 15 is 0 Å². The minimum atomic E-state index is -3.97. The summed E-state index contributed by atoms with van der Waals surface area (Å²) in [4.78, 5) is 10.8. The number of hydrogen-bond acceptors (Lipinski definition) is 5. The van der Waals surface area contributed by atoms with Crippen molar-refractivity contribution in [3.63, 3.8) is 0 Å². The minimum absolute atomic E-state index is 0.183. The number of halogens is 2. The number of carbonyl (C=O) groups is 1. The fourth-order valence-corrected chi connectivity index (χ4v) is 1.28. The molecule has 0 heterocycles. The fraction of sp³-hybridized carbons (Fsp3) is 0.300. The number of ether oxygens (including phenoxy) is 1. The zero-order chi connectivity index (χ0) is 12.7. The summed E-state index contributed by atoms with van der Waals surface area (Å²) in [6, 6.07) is 8.94. The van der Waals surface area contributed by atoms with E-state index in [2.05, 4.69) is 9.07 Å². The van der Waals surface area contributed by atoms with Crippen molar-refractivity contribution in [3.05, 3.63) is 35.9 Å². The molecule has 7 heteroatoms. The number of benzene rings is 1. The molecule has 0 saturated heterocycles. The molecule has 0 saturated carbocycles. The van der Waals surface area contributed by atoms with Gasteiger partial charge >= 0.3 is 11.2 Å². The number of hydrogen-bond donors (Lipinski definition) is 0. The Kier molecular flexibility index (Phi) is 5.33. The van der Waals surface area contributed by atoms with E-state index in [1.54, 1.807) is 24.3 Å². The van der Waals surface area contributed by atoms with Gasteiger partial charge in [0.25, 0.3) is 0 Å². The molecule has 1 rings (SSSR count). The molecule has 0 unspecified atom stereocenters. The Morgan fingerprint density at radius 3 is 2.59 bits per heavy atom. The Hall–Kier alpha value is -1.18. The Morgan fingerprint density at radius 1 is 1.35 bits per heavy atom. The monoisotopic (exact) mass is 263 g/mol. The minimum Gasteiger partial charge on any atom is -0.710 e. The van der Waals surface area contributed by atoms with Gasteiger partial charge < -0.3 is 14.3 Å². The third-order valence-corrected chi connectivity index (χ3v) is 2.29. The molecule has 17 heavy (non-hydrogen) atoms. The average Bonchev–Trinajstić information content (AvgIpc) is 2.30.